The molecule has 2 nitrogen and oxygen atoms in total. The van der Waals surface area contributed by atoms with Crippen molar-refractivity contribution in [2.45, 2.75) is 26.4 Å². The second-order valence-electron chi connectivity index (χ2n) is 4.70. The van der Waals surface area contributed by atoms with E-state index in [0.717, 1.165) is 5.56 Å². The van der Waals surface area contributed by atoms with E-state index in [2.05, 4.69) is 13.8 Å². The molecular formula is C16H17FO2. The van der Waals surface area contributed by atoms with E-state index in [-0.39, 0.29) is 12.2 Å². The van der Waals surface area contributed by atoms with Gasteiger partial charge in [0.05, 0.1) is 12.2 Å². The Hall–Kier alpha value is -1.87. The molecule has 2 aromatic carbocycles. The van der Waals surface area contributed by atoms with Gasteiger partial charge in [0.2, 0.25) is 0 Å². The summed E-state index contributed by atoms with van der Waals surface area (Å²) in [5, 5.41) is 9.20. The average Bonchev–Trinajstić information content (AvgIpc) is 2.39. The first-order valence-corrected chi connectivity index (χ1v) is 6.28. The molecule has 2 rings (SSSR count). The molecule has 19 heavy (non-hydrogen) atoms. The van der Waals surface area contributed by atoms with Gasteiger partial charge in [-0.3, -0.25) is 0 Å². The summed E-state index contributed by atoms with van der Waals surface area (Å²) >= 11 is 0. The van der Waals surface area contributed by atoms with Crippen LogP contribution in [0.3, 0.4) is 0 Å². The van der Waals surface area contributed by atoms with E-state index >= 15 is 0 Å². The highest BCUT2D eigenvalue weighted by Crippen LogP contribution is 2.29. The summed E-state index contributed by atoms with van der Waals surface area (Å²) in [7, 11) is 0. The van der Waals surface area contributed by atoms with Crippen molar-refractivity contribution in [1.82, 2.24) is 0 Å². The van der Waals surface area contributed by atoms with Crippen LogP contribution in [0.5, 0.6) is 11.5 Å². The van der Waals surface area contributed by atoms with E-state index in [1.54, 1.807) is 12.1 Å². The molecule has 0 fully saturated rings. The van der Waals surface area contributed by atoms with Crippen LogP contribution in [0.25, 0.3) is 0 Å². The van der Waals surface area contributed by atoms with Gasteiger partial charge in [0, 0.05) is 0 Å². The standard InChI is InChI=1S/C16H17FO2/c1-11(2)12-5-3-6-13(9-12)19-16-8-4-7-15(17)14(16)10-18/h3-9,11,18H,10H2,1-2H3. The smallest absolute Gasteiger partial charge is 0.135 e. The van der Waals surface area contributed by atoms with E-state index in [0.29, 0.717) is 17.4 Å². The molecule has 0 bridgehead atoms. The summed E-state index contributed by atoms with van der Waals surface area (Å²) in [6, 6.07) is 12.2. The number of aliphatic hydroxyl groups excluding tert-OH is 1. The molecule has 2 aromatic rings. The minimum Gasteiger partial charge on any atom is -0.457 e. The molecule has 0 aliphatic rings. The molecular weight excluding hydrogens is 243 g/mol. The number of ether oxygens (including phenoxy) is 1. The predicted molar refractivity (Wildman–Crippen MR) is 72.9 cm³/mol. The molecule has 0 unspecified atom stereocenters. The summed E-state index contributed by atoms with van der Waals surface area (Å²) < 4.78 is 19.2. The lowest BCUT2D eigenvalue weighted by Gasteiger charge is -2.12. The molecule has 0 saturated heterocycles. The Labute approximate surface area is 112 Å². The molecule has 3 heteroatoms. The van der Waals surface area contributed by atoms with Gasteiger partial charge in [0.15, 0.2) is 0 Å². The molecule has 0 radical (unpaired) electrons. The number of hydrogen-bond acceptors (Lipinski definition) is 2. The first-order valence-electron chi connectivity index (χ1n) is 6.28. The van der Waals surface area contributed by atoms with Crippen LogP contribution in [0.2, 0.25) is 0 Å². The Morgan fingerprint density at radius 2 is 1.89 bits per heavy atom. The van der Waals surface area contributed by atoms with Gasteiger partial charge in [-0.15, -0.1) is 0 Å². The van der Waals surface area contributed by atoms with Crippen LogP contribution >= 0.6 is 0 Å². The third kappa shape index (κ3) is 3.12. The van der Waals surface area contributed by atoms with Gasteiger partial charge in [-0.25, -0.2) is 4.39 Å². The predicted octanol–water partition coefficient (Wildman–Crippen LogP) is 4.23. The van der Waals surface area contributed by atoms with Crippen LogP contribution in [0, 0.1) is 5.82 Å². The lowest BCUT2D eigenvalue weighted by Crippen LogP contribution is -1.96. The molecule has 0 aliphatic carbocycles. The highest BCUT2D eigenvalue weighted by atomic mass is 19.1. The van der Waals surface area contributed by atoms with Crippen molar-refractivity contribution >= 4 is 0 Å². The number of halogens is 1. The minimum atomic E-state index is -0.458. The van der Waals surface area contributed by atoms with Crippen molar-refractivity contribution in [1.29, 1.82) is 0 Å². The van der Waals surface area contributed by atoms with Gasteiger partial charge in [-0.1, -0.05) is 32.0 Å². The van der Waals surface area contributed by atoms with Crippen LogP contribution in [0.1, 0.15) is 30.9 Å². The third-order valence-corrected chi connectivity index (χ3v) is 2.99. The largest absolute Gasteiger partial charge is 0.457 e. The Morgan fingerprint density at radius 3 is 2.58 bits per heavy atom. The highest BCUT2D eigenvalue weighted by Gasteiger charge is 2.10. The van der Waals surface area contributed by atoms with Crippen LogP contribution in [-0.2, 0) is 6.61 Å². The molecule has 0 spiro atoms. The molecule has 0 aromatic heterocycles. The zero-order chi connectivity index (χ0) is 13.8. The fourth-order valence-corrected chi connectivity index (χ4v) is 1.85. The maximum Gasteiger partial charge on any atom is 0.135 e. The Bertz CT molecular complexity index is 564. The van der Waals surface area contributed by atoms with Gasteiger partial charge < -0.3 is 9.84 Å². The van der Waals surface area contributed by atoms with Crippen molar-refractivity contribution in [2.75, 3.05) is 0 Å². The van der Waals surface area contributed by atoms with Crippen molar-refractivity contribution in [3.63, 3.8) is 0 Å². The van der Waals surface area contributed by atoms with Gasteiger partial charge in [0.1, 0.15) is 17.3 Å². The van der Waals surface area contributed by atoms with Gasteiger partial charge >= 0.3 is 0 Å². The molecule has 0 saturated carbocycles. The Kier molecular flexibility index (Phi) is 4.17. The SMILES string of the molecule is CC(C)c1cccc(Oc2cccc(F)c2CO)c1. The van der Waals surface area contributed by atoms with Crippen molar-refractivity contribution in [3.05, 3.63) is 59.4 Å². The normalized spacial score (nSPS) is 10.8. The van der Waals surface area contributed by atoms with Crippen LogP contribution in [-0.4, -0.2) is 5.11 Å². The molecule has 100 valence electrons. The summed E-state index contributed by atoms with van der Waals surface area (Å²) in [5.41, 5.74) is 1.33. The maximum absolute atomic E-state index is 13.5. The van der Waals surface area contributed by atoms with Crippen molar-refractivity contribution < 1.29 is 14.2 Å². The number of aliphatic hydroxyl groups is 1. The van der Waals surface area contributed by atoms with Crippen molar-refractivity contribution in [3.8, 4) is 11.5 Å². The zero-order valence-corrected chi connectivity index (χ0v) is 11.1. The zero-order valence-electron chi connectivity index (χ0n) is 11.1. The van der Waals surface area contributed by atoms with Gasteiger partial charge in [0.25, 0.3) is 0 Å². The number of benzene rings is 2. The lowest BCUT2D eigenvalue weighted by atomic mass is 10.0. The Morgan fingerprint density at radius 1 is 1.16 bits per heavy atom. The van der Waals surface area contributed by atoms with Gasteiger partial charge in [-0.2, -0.15) is 0 Å². The minimum absolute atomic E-state index is 0.178. The first-order chi connectivity index (χ1) is 9.11. The topological polar surface area (TPSA) is 29.5 Å². The molecule has 0 amide bonds. The summed E-state index contributed by atoms with van der Waals surface area (Å²) in [4.78, 5) is 0. The molecule has 0 atom stereocenters. The fraction of sp³-hybridized carbons (Fsp3) is 0.250. The monoisotopic (exact) mass is 260 g/mol. The maximum atomic E-state index is 13.5. The number of rotatable bonds is 4. The highest BCUT2D eigenvalue weighted by molar-refractivity contribution is 5.39. The fourth-order valence-electron chi connectivity index (χ4n) is 1.85. The van der Waals surface area contributed by atoms with E-state index in [4.69, 9.17) is 4.74 Å². The van der Waals surface area contributed by atoms with E-state index in [1.807, 2.05) is 24.3 Å². The van der Waals surface area contributed by atoms with E-state index in [1.165, 1.54) is 6.07 Å². The second-order valence-corrected chi connectivity index (χ2v) is 4.70. The lowest BCUT2D eigenvalue weighted by molar-refractivity contribution is 0.270. The summed E-state index contributed by atoms with van der Waals surface area (Å²) in [5.74, 6) is 0.934. The van der Waals surface area contributed by atoms with Crippen molar-refractivity contribution in [2.24, 2.45) is 0 Å². The summed E-state index contributed by atoms with van der Waals surface area (Å²) in [6.45, 7) is 3.81. The first kappa shape index (κ1) is 13.6. The van der Waals surface area contributed by atoms with E-state index < -0.39 is 5.82 Å². The quantitative estimate of drug-likeness (QED) is 0.891. The Balaban J connectivity index is 2.31. The van der Waals surface area contributed by atoms with Crippen LogP contribution in [0.15, 0.2) is 42.5 Å². The molecule has 0 aliphatic heterocycles. The third-order valence-electron chi connectivity index (χ3n) is 2.99. The molecule has 0 heterocycles. The van der Waals surface area contributed by atoms with E-state index in [9.17, 15) is 9.50 Å². The summed E-state index contributed by atoms with van der Waals surface area (Å²) in [6.07, 6.45) is 0. The van der Waals surface area contributed by atoms with Crippen LogP contribution < -0.4 is 4.74 Å². The number of hydrogen-bond donors (Lipinski definition) is 1. The van der Waals surface area contributed by atoms with Gasteiger partial charge in [-0.05, 0) is 35.7 Å². The second kappa shape index (κ2) is 5.85. The molecule has 1 N–H and O–H groups in total. The average molecular weight is 260 g/mol. The van der Waals surface area contributed by atoms with Crippen LogP contribution in [0.4, 0.5) is 4.39 Å².